The number of anilines is 1. The zero-order valence-corrected chi connectivity index (χ0v) is 14.9. The average Bonchev–Trinajstić information content (AvgIpc) is 3.42. The smallest absolute Gasteiger partial charge is 0.288 e. The molecule has 0 bridgehead atoms. The third-order valence-corrected chi connectivity index (χ3v) is 4.97. The number of carbonyl (C=O) groups is 1. The zero-order valence-electron chi connectivity index (χ0n) is 14.1. The molecule has 7 heteroatoms. The van der Waals surface area contributed by atoms with Crippen LogP contribution < -0.4 is 10.2 Å². The summed E-state index contributed by atoms with van der Waals surface area (Å²) in [4.78, 5) is 14.0. The maximum absolute atomic E-state index is 13.0. The predicted octanol–water partition coefficient (Wildman–Crippen LogP) is 3.33. The highest BCUT2D eigenvalue weighted by molar-refractivity contribution is 7.99. The van der Waals surface area contributed by atoms with Crippen LogP contribution in [0.25, 0.3) is 0 Å². The van der Waals surface area contributed by atoms with Crippen molar-refractivity contribution in [2.75, 3.05) is 11.9 Å². The molecule has 1 unspecified atom stereocenters. The lowest BCUT2D eigenvalue weighted by atomic mass is 10.2. The van der Waals surface area contributed by atoms with Gasteiger partial charge in [-0.2, -0.15) is 8.78 Å². The van der Waals surface area contributed by atoms with Crippen LogP contribution in [0.5, 0.6) is 0 Å². The third-order valence-electron chi connectivity index (χ3n) is 4.25. The number of alkyl halides is 2. The molecule has 1 aliphatic carbocycles. The van der Waals surface area contributed by atoms with E-state index in [9.17, 15) is 18.0 Å². The van der Waals surface area contributed by atoms with Gasteiger partial charge in [-0.3, -0.25) is 4.79 Å². The molecule has 26 heavy (non-hydrogen) atoms. The summed E-state index contributed by atoms with van der Waals surface area (Å²) in [6, 6.07) is 13.2. The van der Waals surface area contributed by atoms with Crippen molar-refractivity contribution in [3.8, 4) is 0 Å². The van der Waals surface area contributed by atoms with Gasteiger partial charge in [0.05, 0.1) is 6.04 Å². The van der Waals surface area contributed by atoms with E-state index < -0.39 is 5.76 Å². The first-order valence-corrected chi connectivity index (χ1v) is 9.31. The van der Waals surface area contributed by atoms with E-state index in [1.54, 1.807) is 36.4 Å². The van der Waals surface area contributed by atoms with E-state index >= 15 is 0 Å². The van der Waals surface area contributed by atoms with E-state index in [2.05, 4.69) is 5.32 Å². The Balaban J connectivity index is 1.55. The number of rotatable bonds is 8. The molecule has 0 heterocycles. The van der Waals surface area contributed by atoms with Gasteiger partial charge in [0.15, 0.2) is 6.54 Å². The van der Waals surface area contributed by atoms with Gasteiger partial charge in [-0.05, 0) is 36.4 Å². The number of carbonyl (C=O) groups excluding carboxylic acids is 1. The maximum atomic E-state index is 13.0. The molecule has 138 valence electrons. The van der Waals surface area contributed by atoms with Gasteiger partial charge < -0.3 is 10.2 Å². The summed E-state index contributed by atoms with van der Waals surface area (Å²) in [7, 11) is 0. The Morgan fingerprint density at radius 3 is 2.35 bits per heavy atom. The summed E-state index contributed by atoms with van der Waals surface area (Å²) in [6.45, 7) is 0.984. The SMILES string of the molecule is O=C(C[NH+](Cc1ccc(F)cc1)C1CC1)Nc1ccc(SC(F)F)cc1. The van der Waals surface area contributed by atoms with Crippen LogP contribution in [0.2, 0.25) is 0 Å². The average molecular weight is 381 g/mol. The van der Waals surface area contributed by atoms with Crippen LogP contribution in [0.3, 0.4) is 0 Å². The molecule has 1 saturated carbocycles. The van der Waals surface area contributed by atoms with Crippen LogP contribution in [-0.2, 0) is 11.3 Å². The number of quaternary nitrogens is 1. The molecule has 2 aromatic rings. The fraction of sp³-hybridized carbons (Fsp3) is 0.316. The molecular formula is C19H20F3N2OS+. The summed E-state index contributed by atoms with van der Waals surface area (Å²) >= 11 is 0.474. The van der Waals surface area contributed by atoms with Gasteiger partial charge in [-0.1, -0.05) is 23.9 Å². The van der Waals surface area contributed by atoms with Crippen LogP contribution in [0.4, 0.5) is 18.9 Å². The van der Waals surface area contributed by atoms with Gasteiger partial charge in [-0.25, -0.2) is 4.39 Å². The van der Waals surface area contributed by atoms with Crippen molar-refractivity contribution in [2.24, 2.45) is 0 Å². The summed E-state index contributed by atoms with van der Waals surface area (Å²) in [5.41, 5.74) is 1.58. The van der Waals surface area contributed by atoms with E-state index in [1.807, 2.05) is 0 Å². The minimum absolute atomic E-state index is 0.122. The number of halogens is 3. The quantitative estimate of drug-likeness (QED) is 0.688. The van der Waals surface area contributed by atoms with Crippen LogP contribution in [0.1, 0.15) is 18.4 Å². The Hall–Kier alpha value is -1.99. The molecule has 3 nitrogen and oxygen atoms in total. The summed E-state index contributed by atoms with van der Waals surface area (Å²) in [5, 5.41) is 2.81. The van der Waals surface area contributed by atoms with Gasteiger partial charge in [0.25, 0.3) is 11.7 Å². The summed E-state index contributed by atoms with van der Waals surface area (Å²) in [6.07, 6.45) is 2.17. The number of hydrogen-bond donors (Lipinski definition) is 2. The van der Waals surface area contributed by atoms with E-state index in [-0.39, 0.29) is 11.7 Å². The largest absolute Gasteiger partial charge is 0.321 e. The molecular weight excluding hydrogens is 361 g/mol. The molecule has 2 N–H and O–H groups in total. The maximum Gasteiger partial charge on any atom is 0.288 e. The molecule has 0 aliphatic heterocycles. The molecule has 1 aliphatic rings. The van der Waals surface area contributed by atoms with Gasteiger partial charge >= 0.3 is 0 Å². The zero-order chi connectivity index (χ0) is 18.5. The van der Waals surface area contributed by atoms with Crippen LogP contribution >= 0.6 is 11.8 Å². The van der Waals surface area contributed by atoms with Crippen LogP contribution in [0.15, 0.2) is 53.4 Å². The highest BCUT2D eigenvalue weighted by Crippen LogP contribution is 2.26. The van der Waals surface area contributed by atoms with Crippen molar-refractivity contribution in [1.82, 2.24) is 0 Å². The Bertz CT molecular complexity index is 733. The minimum Gasteiger partial charge on any atom is -0.321 e. The normalized spacial score (nSPS) is 15.1. The molecule has 1 amide bonds. The Kier molecular flexibility index (Phi) is 6.21. The number of nitrogens with one attached hydrogen (secondary N) is 2. The standard InChI is InChI=1S/C19H19F3N2OS/c20-14-3-1-13(2-4-14)11-24(16-7-8-16)12-18(25)23-15-5-9-17(10-6-15)26-19(21)22/h1-6,9-10,16,19H,7-8,11-12H2,(H,23,25)/p+1. The molecule has 2 aromatic carbocycles. The minimum atomic E-state index is -2.46. The second-order valence-electron chi connectivity index (χ2n) is 6.36. The number of hydrogen-bond acceptors (Lipinski definition) is 2. The van der Waals surface area contributed by atoms with Gasteiger partial charge in [0.2, 0.25) is 0 Å². The molecule has 0 spiro atoms. The molecule has 0 aromatic heterocycles. The van der Waals surface area contributed by atoms with Gasteiger partial charge in [-0.15, -0.1) is 0 Å². The monoisotopic (exact) mass is 381 g/mol. The first kappa shape index (κ1) is 18.8. The van der Waals surface area contributed by atoms with E-state index in [0.29, 0.717) is 41.5 Å². The number of benzene rings is 2. The summed E-state index contributed by atoms with van der Waals surface area (Å²) < 4.78 is 37.7. The van der Waals surface area contributed by atoms with Crippen LogP contribution in [-0.4, -0.2) is 24.3 Å². The van der Waals surface area contributed by atoms with E-state index in [1.165, 1.54) is 12.1 Å². The van der Waals surface area contributed by atoms with E-state index in [0.717, 1.165) is 23.3 Å². The topological polar surface area (TPSA) is 33.5 Å². The lowest BCUT2D eigenvalue weighted by Crippen LogP contribution is -3.13. The van der Waals surface area contributed by atoms with Crippen LogP contribution in [0, 0.1) is 5.82 Å². The highest BCUT2D eigenvalue weighted by atomic mass is 32.2. The van der Waals surface area contributed by atoms with Gasteiger partial charge in [0.1, 0.15) is 12.4 Å². The van der Waals surface area contributed by atoms with Crippen molar-refractivity contribution in [2.45, 2.75) is 36.1 Å². The Labute approximate surface area is 154 Å². The van der Waals surface area contributed by atoms with Crippen molar-refractivity contribution in [3.05, 3.63) is 59.9 Å². The Morgan fingerprint density at radius 1 is 1.12 bits per heavy atom. The van der Waals surface area contributed by atoms with Crippen molar-refractivity contribution in [3.63, 3.8) is 0 Å². The van der Waals surface area contributed by atoms with Gasteiger partial charge in [0, 0.05) is 29.0 Å². The molecule has 1 fully saturated rings. The third kappa shape index (κ3) is 5.78. The molecule has 0 saturated heterocycles. The fourth-order valence-corrected chi connectivity index (χ4v) is 3.34. The van der Waals surface area contributed by atoms with Crippen molar-refractivity contribution < 1.29 is 22.9 Å². The van der Waals surface area contributed by atoms with E-state index in [4.69, 9.17) is 0 Å². The second-order valence-corrected chi connectivity index (χ2v) is 7.43. The highest BCUT2D eigenvalue weighted by Gasteiger charge is 2.34. The van der Waals surface area contributed by atoms with Crippen molar-refractivity contribution >= 4 is 23.4 Å². The lowest BCUT2D eigenvalue weighted by Gasteiger charge is -2.19. The predicted molar refractivity (Wildman–Crippen MR) is 95.9 cm³/mol. The Morgan fingerprint density at radius 2 is 1.77 bits per heavy atom. The lowest BCUT2D eigenvalue weighted by molar-refractivity contribution is -0.916. The first-order chi connectivity index (χ1) is 12.5. The molecule has 0 radical (unpaired) electrons. The first-order valence-electron chi connectivity index (χ1n) is 8.43. The fourth-order valence-electron chi connectivity index (χ4n) is 2.84. The van der Waals surface area contributed by atoms with Crippen molar-refractivity contribution in [1.29, 1.82) is 0 Å². The molecule has 3 rings (SSSR count). The molecule has 1 atom stereocenters. The number of amides is 1. The summed E-state index contributed by atoms with van der Waals surface area (Å²) in [5.74, 6) is -2.85. The number of thioether (sulfide) groups is 1. The second kappa shape index (κ2) is 8.60.